The van der Waals surface area contributed by atoms with Gasteiger partial charge in [0, 0.05) is 20.0 Å². The van der Waals surface area contributed by atoms with Gasteiger partial charge in [0.1, 0.15) is 0 Å². The first kappa shape index (κ1) is 9.01. The molecule has 0 radical (unpaired) electrons. The van der Waals surface area contributed by atoms with Gasteiger partial charge in [-0.3, -0.25) is 4.79 Å². The molecule has 1 aliphatic rings. The summed E-state index contributed by atoms with van der Waals surface area (Å²) in [6, 6.07) is -0.428. The molecule has 0 unspecified atom stereocenters. The molecule has 12 heavy (non-hydrogen) atoms. The second-order valence-electron chi connectivity index (χ2n) is 2.76. The van der Waals surface area contributed by atoms with Crippen LogP contribution in [0.1, 0.15) is 6.92 Å². The van der Waals surface area contributed by atoms with Crippen LogP contribution in [0.2, 0.25) is 0 Å². The Kier molecular flexibility index (Phi) is 3.06. The highest BCUT2D eigenvalue weighted by molar-refractivity contribution is 5.83. The normalized spacial score (nSPS) is 19.8. The third kappa shape index (κ3) is 1.95. The summed E-state index contributed by atoms with van der Waals surface area (Å²) < 4.78 is 5.11. The number of carbonyl (C=O) groups excluding carboxylic acids is 1. The van der Waals surface area contributed by atoms with Gasteiger partial charge in [0.05, 0.1) is 13.2 Å². The molecule has 1 atom stereocenters. The molecular formula is C8H13N2O2+. The van der Waals surface area contributed by atoms with Gasteiger partial charge in [-0.25, -0.2) is 0 Å². The van der Waals surface area contributed by atoms with Gasteiger partial charge in [0.2, 0.25) is 0 Å². The van der Waals surface area contributed by atoms with E-state index in [0.29, 0.717) is 26.3 Å². The number of ether oxygens (including phenoxy) is 1. The third-order valence-corrected chi connectivity index (χ3v) is 1.90. The van der Waals surface area contributed by atoms with Crippen molar-refractivity contribution in [3.63, 3.8) is 0 Å². The van der Waals surface area contributed by atoms with Crippen molar-refractivity contribution in [2.45, 2.75) is 13.0 Å². The minimum atomic E-state index is -0.428. The Morgan fingerprint density at radius 1 is 1.58 bits per heavy atom. The Hall–Kier alpha value is -1.08. The summed E-state index contributed by atoms with van der Waals surface area (Å²) in [6.45, 7) is 9.25. The molecule has 1 fully saturated rings. The predicted octanol–water partition coefficient (Wildman–Crippen LogP) is 0.196. The van der Waals surface area contributed by atoms with Gasteiger partial charge in [-0.05, 0) is 0 Å². The second-order valence-corrected chi connectivity index (χ2v) is 2.76. The molecule has 0 saturated carbocycles. The van der Waals surface area contributed by atoms with Crippen LogP contribution < -0.4 is 0 Å². The molecule has 0 aromatic carbocycles. The van der Waals surface area contributed by atoms with E-state index in [1.54, 1.807) is 11.8 Å². The van der Waals surface area contributed by atoms with E-state index in [-0.39, 0.29) is 5.91 Å². The molecule has 1 amide bonds. The average Bonchev–Trinajstić information content (AvgIpc) is 2.17. The largest absolute Gasteiger partial charge is 0.378 e. The maximum absolute atomic E-state index is 11.4. The van der Waals surface area contributed by atoms with E-state index in [1.165, 1.54) is 0 Å². The Labute approximate surface area is 71.9 Å². The highest BCUT2D eigenvalue weighted by Crippen LogP contribution is 2.02. The van der Waals surface area contributed by atoms with Crippen molar-refractivity contribution >= 4 is 5.91 Å². The molecule has 4 nitrogen and oxygen atoms in total. The average molecular weight is 169 g/mol. The fourth-order valence-corrected chi connectivity index (χ4v) is 1.11. The van der Waals surface area contributed by atoms with Crippen LogP contribution in [0.3, 0.4) is 0 Å². The standard InChI is InChI=1S/C8H13N2O2/c1-7(9-2)8(11)10-3-5-12-6-4-10/h2,7H,3-6H2,1H3/q+1/t7-/m1/s1. The molecule has 0 bridgehead atoms. The van der Waals surface area contributed by atoms with Crippen molar-refractivity contribution in [1.29, 1.82) is 0 Å². The van der Waals surface area contributed by atoms with E-state index in [2.05, 4.69) is 4.85 Å². The molecule has 0 aliphatic carbocycles. The van der Waals surface area contributed by atoms with Crippen LogP contribution in [0.25, 0.3) is 4.85 Å². The van der Waals surface area contributed by atoms with E-state index in [1.807, 2.05) is 0 Å². The molecule has 1 heterocycles. The molecular weight excluding hydrogens is 156 g/mol. The Morgan fingerprint density at radius 2 is 2.17 bits per heavy atom. The molecule has 0 N–H and O–H groups in total. The summed E-state index contributed by atoms with van der Waals surface area (Å²) in [5.74, 6) is -0.0131. The zero-order valence-electron chi connectivity index (χ0n) is 7.19. The van der Waals surface area contributed by atoms with E-state index in [4.69, 9.17) is 11.3 Å². The van der Waals surface area contributed by atoms with E-state index >= 15 is 0 Å². The molecule has 0 aromatic heterocycles. The van der Waals surface area contributed by atoms with Crippen molar-refractivity contribution < 1.29 is 9.53 Å². The summed E-state index contributed by atoms with van der Waals surface area (Å²) in [5.41, 5.74) is 0. The number of morpholine rings is 1. The minimum absolute atomic E-state index is 0.0131. The lowest BCUT2D eigenvalue weighted by molar-refractivity contribution is -0.135. The van der Waals surface area contributed by atoms with Gasteiger partial charge in [-0.1, -0.05) is 4.85 Å². The van der Waals surface area contributed by atoms with E-state index < -0.39 is 6.04 Å². The first-order valence-corrected chi connectivity index (χ1v) is 4.02. The van der Waals surface area contributed by atoms with Crippen LogP contribution in [0, 0.1) is 6.57 Å². The van der Waals surface area contributed by atoms with Crippen LogP contribution in [-0.2, 0) is 9.53 Å². The van der Waals surface area contributed by atoms with Crippen LogP contribution in [0.5, 0.6) is 0 Å². The third-order valence-electron chi connectivity index (χ3n) is 1.90. The summed E-state index contributed by atoms with van der Waals surface area (Å²) >= 11 is 0. The van der Waals surface area contributed by atoms with Gasteiger partial charge in [-0.2, -0.15) is 0 Å². The summed E-state index contributed by atoms with van der Waals surface area (Å²) in [7, 11) is 0. The van der Waals surface area contributed by atoms with Crippen molar-refractivity contribution in [2.24, 2.45) is 0 Å². The molecule has 0 aromatic rings. The highest BCUT2D eigenvalue weighted by atomic mass is 16.5. The van der Waals surface area contributed by atoms with Crippen molar-refractivity contribution in [3.05, 3.63) is 4.85 Å². The minimum Gasteiger partial charge on any atom is -0.378 e. The lowest BCUT2D eigenvalue weighted by atomic mass is 10.3. The summed E-state index contributed by atoms with van der Waals surface area (Å²) in [6.07, 6.45) is 0. The number of amides is 1. The Balaban J connectivity index is 2.46. The monoisotopic (exact) mass is 169 g/mol. The maximum atomic E-state index is 11.4. The van der Waals surface area contributed by atoms with Gasteiger partial charge in [0.25, 0.3) is 6.57 Å². The highest BCUT2D eigenvalue weighted by Gasteiger charge is 2.27. The number of rotatable bonds is 1. The lowest BCUT2D eigenvalue weighted by Crippen LogP contribution is -2.44. The predicted molar refractivity (Wildman–Crippen MR) is 45.2 cm³/mol. The fraction of sp³-hybridized carbons (Fsp3) is 0.750. The van der Waals surface area contributed by atoms with E-state index in [9.17, 15) is 4.79 Å². The SMILES string of the molecule is C#[N+][C@H](C)C(=O)N1CCOCC1. The lowest BCUT2D eigenvalue weighted by Gasteiger charge is -2.25. The van der Waals surface area contributed by atoms with Crippen LogP contribution >= 0.6 is 0 Å². The van der Waals surface area contributed by atoms with Crippen molar-refractivity contribution in [2.75, 3.05) is 26.3 Å². The number of nitrogens with zero attached hydrogens (tertiary/aromatic N) is 2. The molecule has 1 aliphatic heterocycles. The number of hydrogen-bond donors (Lipinski definition) is 0. The van der Waals surface area contributed by atoms with Gasteiger partial charge in [0.15, 0.2) is 0 Å². The van der Waals surface area contributed by atoms with Gasteiger partial charge < -0.3 is 9.64 Å². The molecule has 1 rings (SSSR count). The zero-order valence-corrected chi connectivity index (χ0v) is 7.19. The maximum Gasteiger partial charge on any atom is 0.345 e. The van der Waals surface area contributed by atoms with Crippen LogP contribution in [-0.4, -0.2) is 43.2 Å². The second kappa shape index (κ2) is 4.07. The van der Waals surface area contributed by atoms with Crippen LogP contribution in [0.15, 0.2) is 0 Å². The summed E-state index contributed by atoms with van der Waals surface area (Å²) in [5, 5.41) is 0. The van der Waals surface area contributed by atoms with E-state index in [0.717, 1.165) is 0 Å². The zero-order chi connectivity index (χ0) is 8.97. The van der Waals surface area contributed by atoms with Crippen LogP contribution in [0.4, 0.5) is 0 Å². The molecule has 0 spiro atoms. The molecule has 66 valence electrons. The van der Waals surface area contributed by atoms with Gasteiger partial charge in [-0.15, -0.1) is 0 Å². The van der Waals surface area contributed by atoms with Gasteiger partial charge >= 0.3 is 11.9 Å². The number of carbonyl (C=O) groups is 1. The molecule has 1 saturated heterocycles. The summed E-state index contributed by atoms with van der Waals surface area (Å²) in [4.78, 5) is 16.6. The Bertz CT molecular complexity index is 204. The first-order valence-electron chi connectivity index (χ1n) is 4.02. The quantitative estimate of drug-likeness (QED) is 0.561. The molecule has 4 heteroatoms. The topological polar surface area (TPSA) is 33.9 Å². The first-order chi connectivity index (χ1) is 5.75. The fourth-order valence-electron chi connectivity index (χ4n) is 1.11. The smallest absolute Gasteiger partial charge is 0.345 e. The van der Waals surface area contributed by atoms with Crippen molar-refractivity contribution in [3.8, 4) is 6.57 Å². The van der Waals surface area contributed by atoms with Crippen molar-refractivity contribution in [1.82, 2.24) is 4.90 Å². The number of hydrogen-bond acceptors (Lipinski definition) is 2. The Morgan fingerprint density at radius 3 is 2.67 bits per heavy atom.